The van der Waals surface area contributed by atoms with E-state index in [1.165, 1.54) is 0 Å². The molecule has 2 rings (SSSR count). The molecule has 100 valence electrons. The summed E-state index contributed by atoms with van der Waals surface area (Å²) in [6.45, 7) is 2.23. The Hall–Kier alpha value is -0.880. The van der Waals surface area contributed by atoms with Gasteiger partial charge in [-0.2, -0.15) is 4.98 Å². The van der Waals surface area contributed by atoms with Gasteiger partial charge in [0.1, 0.15) is 0 Å². The number of halogens is 3. The molecule has 0 atom stereocenters. The van der Waals surface area contributed by atoms with Gasteiger partial charge in [-0.25, -0.2) is 4.98 Å². The quantitative estimate of drug-likeness (QED) is 0.834. The minimum Gasteiger partial charge on any atom is -0.423 e. The van der Waals surface area contributed by atoms with Gasteiger partial charge >= 0.3 is 6.01 Å². The Balaban J connectivity index is 2.31. The fourth-order valence-electron chi connectivity index (χ4n) is 1.40. The van der Waals surface area contributed by atoms with Crippen LogP contribution in [0.4, 0.5) is 0 Å². The lowest BCUT2D eigenvalue weighted by Crippen LogP contribution is -2.03. The minimum atomic E-state index is 0.204. The monoisotopic (exact) mass is 361 g/mol. The first-order chi connectivity index (χ1) is 9.01. The third-order valence-electron chi connectivity index (χ3n) is 2.45. The van der Waals surface area contributed by atoms with Crippen LogP contribution in [0.5, 0.6) is 11.8 Å². The van der Waals surface area contributed by atoms with E-state index in [1.807, 2.05) is 6.92 Å². The number of ether oxygens (including phenoxy) is 1. The summed E-state index contributed by atoms with van der Waals surface area (Å²) in [4.78, 5) is 8.28. The summed E-state index contributed by atoms with van der Waals surface area (Å²) in [7, 11) is 0. The van der Waals surface area contributed by atoms with Crippen LogP contribution < -0.4 is 10.5 Å². The zero-order valence-corrected chi connectivity index (χ0v) is 13.1. The van der Waals surface area contributed by atoms with Gasteiger partial charge in [0.05, 0.1) is 10.0 Å². The van der Waals surface area contributed by atoms with Crippen molar-refractivity contribution in [2.75, 3.05) is 0 Å². The van der Waals surface area contributed by atoms with Crippen LogP contribution >= 0.6 is 39.1 Å². The largest absolute Gasteiger partial charge is 0.423 e. The maximum absolute atomic E-state index is 6.06. The highest BCUT2D eigenvalue weighted by molar-refractivity contribution is 9.10. The van der Waals surface area contributed by atoms with Gasteiger partial charge in [0.25, 0.3) is 0 Å². The molecule has 0 saturated carbocycles. The average molecular weight is 363 g/mol. The molecule has 1 heterocycles. The van der Waals surface area contributed by atoms with Crippen molar-refractivity contribution in [3.8, 4) is 11.8 Å². The molecule has 0 fully saturated rings. The molecule has 0 radical (unpaired) electrons. The van der Waals surface area contributed by atoms with Crippen molar-refractivity contribution in [1.82, 2.24) is 9.97 Å². The molecule has 1 aromatic carbocycles. The maximum atomic E-state index is 6.06. The SMILES string of the molecule is Cc1nc(Oc2cc(Cl)c(Br)cc2Cl)ncc1CN. The number of hydrogen-bond acceptors (Lipinski definition) is 4. The molecular weight excluding hydrogens is 353 g/mol. The van der Waals surface area contributed by atoms with Crippen molar-refractivity contribution in [3.63, 3.8) is 0 Å². The van der Waals surface area contributed by atoms with Crippen LogP contribution in [0.25, 0.3) is 0 Å². The number of nitrogens with zero attached hydrogens (tertiary/aromatic N) is 2. The van der Waals surface area contributed by atoms with Crippen LogP contribution in [0.2, 0.25) is 10.0 Å². The van der Waals surface area contributed by atoms with Crippen LogP contribution in [0.1, 0.15) is 11.3 Å². The second kappa shape index (κ2) is 6.05. The molecule has 0 unspecified atom stereocenters. The summed E-state index contributed by atoms with van der Waals surface area (Å²) in [6.07, 6.45) is 1.63. The van der Waals surface area contributed by atoms with Crippen molar-refractivity contribution in [2.45, 2.75) is 13.5 Å². The molecule has 19 heavy (non-hydrogen) atoms. The van der Waals surface area contributed by atoms with E-state index in [0.717, 1.165) is 11.3 Å². The summed E-state index contributed by atoms with van der Waals surface area (Å²) < 4.78 is 6.22. The van der Waals surface area contributed by atoms with E-state index in [4.69, 9.17) is 33.7 Å². The summed E-state index contributed by atoms with van der Waals surface area (Å²) in [5, 5.41) is 0.912. The number of rotatable bonds is 3. The highest BCUT2D eigenvalue weighted by Gasteiger charge is 2.10. The van der Waals surface area contributed by atoms with E-state index < -0.39 is 0 Å². The molecule has 2 aromatic rings. The molecule has 7 heteroatoms. The van der Waals surface area contributed by atoms with E-state index in [0.29, 0.717) is 26.8 Å². The Bertz CT molecular complexity index is 622. The van der Waals surface area contributed by atoms with Gasteiger partial charge in [0, 0.05) is 34.5 Å². The van der Waals surface area contributed by atoms with E-state index in [1.54, 1.807) is 18.3 Å². The predicted octanol–water partition coefficient (Wildman–Crippen LogP) is 4.11. The molecule has 0 spiro atoms. The van der Waals surface area contributed by atoms with Gasteiger partial charge in [-0.1, -0.05) is 23.2 Å². The van der Waals surface area contributed by atoms with Gasteiger partial charge in [-0.15, -0.1) is 0 Å². The fraction of sp³-hybridized carbons (Fsp3) is 0.167. The molecule has 0 saturated heterocycles. The molecule has 1 aromatic heterocycles. The molecule has 0 aliphatic carbocycles. The van der Waals surface area contributed by atoms with Crippen LogP contribution in [0.3, 0.4) is 0 Å². The molecule has 4 nitrogen and oxygen atoms in total. The van der Waals surface area contributed by atoms with Crippen molar-refractivity contribution in [3.05, 3.63) is 44.1 Å². The number of aryl methyl sites for hydroxylation is 1. The zero-order chi connectivity index (χ0) is 14.0. The molecule has 0 aliphatic rings. The van der Waals surface area contributed by atoms with Crippen LogP contribution in [-0.4, -0.2) is 9.97 Å². The highest BCUT2D eigenvalue weighted by Crippen LogP contribution is 2.35. The maximum Gasteiger partial charge on any atom is 0.322 e. The Labute approximate surface area is 129 Å². The van der Waals surface area contributed by atoms with Crippen molar-refractivity contribution < 1.29 is 4.74 Å². The topological polar surface area (TPSA) is 61.0 Å². The van der Waals surface area contributed by atoms with E-state index in [-0.39, 0.29) is 6.01 Å². The predicted molar refractivity (Wildman–Crippen MR) is 78.9 cm³/mol. The summed E-state index contributed by atoms with van der Waals surface area (Å²) in [5.41, 5.74) is 7.19. The van der Waals surface area contributed by atoms with Gasteiger partial charge in [-0.05, 0) is 28.9 Å². The number of hydrogen-bond donors (Lipinski definition) is 1. The highest BCUT2D eigenvalue weighted by atomic mass is 79.9. The van der Waals surface area contributed by atoms with E-state index in [9.17, 15) is 0 Å². The Morgan fingerprint density at radius 3 is 2.68 bits per heavy atom. The first kappa shape index (κ1) is 14.5. The van der Waals surface area contributed by atoms with Gasteiger partial charge < -0.3 is 10.5 Å². The van der Waals surface area contributed by atoms with Gasteiger partial charge in [0.15, 0.2) is 5.75 Å². The molecule has 0 amide bonds. The Morgan fingerprint density at radius 2 is 2.05 bits per heavy atom. The molecular formula is C12H10BrCl2N3O. The van der Waals surface area contributed by atoms with Crippen molar-refractivity contribution >= 4 is 39.1 Å². The zero-order valence-electron chi connectivity index (χ0n) is 9.95. The van der Waals surface area contributed by atoms with Crippen LogP contribution in [0, 0.1) is 6.92 Å². The molecule has 2 N–H and O–H groups in total. The Morgan fingerprint density at radius 1 is 1.32 bits per heavy atom. The lowest BCUT2D eigenvalue weighted by atomic mass is 10.2. The smallest absolute Gasteiger partial charge is 0.322 e. The molecule has 0 bridgehead atoms. The van der Waals surface area contributed by atoms with Crippen LogP contribution in [-0.2, 0) is 6.54 Å². The van der Waals surface area contributed by atoms with Crippen molar-refractivity contribution in [1.29, 1.82) is 0 Å². The summed E-state index contributed by atoms with van der Waals surface area (Å²) in [5.74, 6) is 0.398. The minimum absolute atomic E-state index is 0.204. The lowest BCUT2D eigenvalue weighted by molar-refractivity contribution is 0.439. The number of benzene rings is 1. The summed E-state index contributed by atoms with van der Waals surface area (Å²) in [6, 6.07) is 3.46. The Kier molecular flexibility index (Phi) is 4.62. The first-order valence-corrected chi connectivity index (χ1v) is 6.91. The molecule has 0 aliphatic heterocycles. The second-order valence-corrected chi connectivity index (χ2v) is 5.43. The first-order valence-electron chi connectivity index (χ1n) is 5.36. The van der Waals surface area contributed by atoms with E-state index >= 15 is 0 Å². The van der Waals surface area contributed by atoms with Gasteiger partial charge in [-0.3, -0.25) is 0 Å². The average Bonchev–Trinajstić information content (AvgIpc) is 2.36. The number of aromatic nitrogens is 2. The number of nitrogens with two attached hydrogens (primary N) is 1. The third-order valence-corrected chi connectivity index (χ3v) is 3.95. The van der Waals surface area contributed by atoms with Crippen LogP contribution in [0.15, 0.2) is 22.8 Å². The normalized spacial score (nSPS) is 10.6. The standard InChI is InChI=1S/C12H10BrCl2N3O/c1-6-7(4-16)5-17-12(18-6)19-11-3-9(14)8(13)2-10(11)15/h2-3,5H,4,16H2,1H3. The fourth-order valence-corrected chi connectivity index (χ4v) is 2.23. The third kappa shape index (κ3) is 3.36. The lowest BCUT2D eigenvalue weighted by Gasteiger charge is -2.09. The van der Waals surface area contributed by atoms with Crippen molar-refractivity contribution in [2.24, 2.45) is 5.73 Å². The second-order valence-electron chi connectivity index (χ2n) is 3.77. The van der Waals surface area contributed by atoms with E-state index in [2.05, 4.69) is 25.9 Å². The van der Waals surface area contributed by atoms with Gasteiger partial charge in [0.2, 0.25) is 0 Å². The summed E-state index contributed by atoms with van der Waals surface area (Å²) >= 11 is 15.3.